The van der Waals surface area contributed by atoms with E-state index in [1.54, 1.807) is 0 Å². The summed E-state index contributed by atoms with van der Waals surface area (Å²) in [6.45, 7) is 7.71. The highest BCUT2D eigenvalue weighted by molar-refractivity contribution is 5.67. The van der Waals surface area contributed by atoms with E-state index in [4.69, 9.17) is 10.5 Å². The van der Waals surface area contributed by atoms with E-state index in [2.05, 4.69) is 35.0 Å². The molecule has 0 radical (unpaired) electrons. The zero-order chi connectivity index (χ0) is 21.6. The molecule has 1 saturated heterocycles. The lowest BCUT2D eigenvalue weighted by atomic mass is 9.83. The fourth-order valence-electron chi connectivity index (χ4n) is 3.82. The summed E-state index contributed by atoms with van der Waals surface area (Å²) in [6.07, 6.45) is 1.61. The molecule has 0 bridgehead atoms. The van der Waals surface area contributed by atoms with Crippen molar-refractivity contribution in [2.24, 2.45) is 5.73 Å². The van der Waals surface area contributed by atoms with Gasteiger partial charge in [0.2, 0.25) is 0 Å². The van der Waals surface area contributed by atoms with Gasteiger partial charge in [-0.05, 0) is 44.7 Å². The number of benzene rings is 2. The lowest BCUT2D eigenvalue weighted by Gasteiger charge is -2.37. The van der Waals surface area contributed by atoms with Crippen molar-refractivity contribution >= 4 is 6.09 Å². The summed E-state index contributed by atoms with van der Waals surface area (Å²) in [5.74, 6) is 0. The fraction of sp³-hybridized carbons (Fsp3) is 0.458. The average molecular weight is 411 g/mol. The van der Waals surface area contributed by atoms with Crippen molar-refractivity contribution in [1.29, 1.82) is 0 Å². The number of nitrogens with two attached hydrogens (primary N) is 1. The molecule has 1 heterocycles. The molecule has 1 aliphatic heterocycles. The number of hydrogen-bond acceptors (Lipinski definition) is 5. The molecule has 6 heteroatoms. The summed E-state index contributed by atoms with van der Waals surface area (Å²) in [5.41, 5.74) is 10.8. The molecular weight excluding hydrogens is 376 g/mol. The topological polar surface area (TPSA) is 79.6 Å². The third-order valence-electron chi connectivity index (χ3n) is 5.32. The van der Waals surface area contributed by atoms with Crippen molar-refractivity contribution in [1.82, 2.24) is 15.8 Å². The number of rotatable bonds is 6. The van der Waals surface area contributed by atoms with Crippen LogP contribution in [-0.4, -0.2) is 42.4 Å². The molecule has 1 amide bonds. The monoisotopic (exact) mass is 410 g/mol. The van der Waals surface area contributed by atoms with Gasteiger partial charge >= 0.3 is 6.09 Å². The Hall–Kier alpha value is -2.41. The molecule has 30 heavy (non-hydrogen) atoms. The molecule has 0 unspecified atom stereocenters. The van der Waals surface area contributed by atoms with Crippen LogP contribution in [0.2, 0.25) is 0 Å². The maximum absolute atomic E-state index is 12.1. The quantitative estimate of drug-likeness (QED) is 0.680. The summed E-state index contributed by atoms with van der Waals surface area (Å²) in [4.78, 5) is 12.1. The lowest BCUT2D eigenvalue weighted by Crippen LogP contribution is -2.56. The molecular formula is C24H34N4O2. The number of ether oxygens (including phenoxy) is 1. The van der Waals surface area contributed by atoms with Crippen LogP contribution in [-0.2, 0) is 10.3 Å². The molecule has 6 nitrogen and oxygen atoms in total. The minimum Gasteiger partial charge on any atom is -0.443 e. The molecule has 3 rings (SSSR count). The Labute approximate surface area is 179 Å². The van der Waals surface area contributed by atoms with Crippen molar-refractivity contribution in [2.75, 3.05) is 19.6 Å². The Morgan fingerprint density at radius 1 is 1.07 bits per heavy atom. The highest BCUT2D eigenvalue weighted by Gasteiger charge is 2.31. The van der Waals surface area contributed by atoms with Gasteiger partial charge in [-0.3, -0.25) is 5.43 Å². The van der Waals surface area contributed by atoms with Gasteiger partial charge in [0.05, 0.1) is 5.54 Å². The first-order valence-corrected chi connectivity index (χ1v) is 10.6. The van der Waals surface area contributed by atoms with Gasteiger partial charge in [-0.25, -0.2) is 9.80 Å². The number of nitrogens with one attached hydrogen (secondary N) is 2. The van der Waals surface area contributed by atoms with Crippen LogP contribution in [0.3, 0.4) is 0 Å². The second-order valence-electron chi connectivity index (χ2n) is 8.98. The van der Waals surface area contributed by atoms with Crippen LogP contribution in [0.15, 0.2) is 60.7 Å². The first-order chi connectivity index (χ1) is 14.3. The van der Waals surface area contributed by atoms with Crippen molar-refractivity contribution < 1.29 is 9.53 Å². The molecule has 2 aromatic rings. The van der Waals surface area contributed by atoms with Crippen molar-refractivity contribution in [3.05, 3.63) is 71.8 Å². The largest absolute Gasteiger partial charge is 0.443 e. The van der Waals surface area contributed by atoms with Crippen LogP contribution in [0.5, 0.6) is 0 Å². The van der Waals surface area contributed by atoms with Crippen LogP contribution in [0.25, 0.3) is 0 Å². The molecule has 0 aromatic heterocycles. The third kappa shape index (κ3) is 6.05. The number of hydrazine groups is 1. The summed E-state index contributed by atoms with van der Waals surface area (Å²) in [5, 5.41) is 5.58. The van der Waals surface area contributed by atoms with E-state index < -0.39 is 17.2 Å². The normalized spacial score (nSPS) is 18.1. The Morgan fingerprint density at radius 2 is 1.63 bits per heavy atom. The van der Waals surface area contributed by atoms with Crippen LogP contribution >= 0.6 is 0 Å². The van der Waals surface area contributed by atoms with Gasteiger partial charge in [0.25, 0.3) is 0 Å². The number of carbonyl (C=O) groups is 1. The highest BCUT2D eigenvalue weighted by Crippen LogP contribution is 2.26. The summed E-state index contributed by atoms with van der Waals surface area (Å²) < 4.78 is 5.37. The van der Waals surface area contributed by atoms with Crippen LogP contribution in [0.4, 0.5) is 4.79 Å². The summed E-state index contributed by atoms with van der Waals surface area (Å²) >= 11 is 0. The Bertz CT molecular complexity index is 765. The standard InChI is InChI=1S/C24H34N4O2/c1-23(2,3)30-22(29)27-28-16-10-15-21(17-28)26-18-24(25,19-11-6-4-7-12-19)20-13-8-5-9-14-20/h4-9,11-14,21,26H,10,15-18,25H2,1-3H3,(H,27,29)/t21-/m0/s1. The van der Waals surface area contributed by atoms with E-state index in [1.165, 1.54) is 0 Å². The predicted octanol–water partition coefficient (Wildman–Crippen LogP) is 3.38. The maximum atomic E-state index is 12.1. The molecule has 4 N–H and O–H groups in total. The SMILES string of the molecule is CC(C)(C)OC(=O)NN1CCC[C@H](NCC(N)(c2ccccc2)c2ccccc2)C1. The van der Waals surface area contributed by atoms with Gasteiger partial charge < -0.3 is 15.8 Å². The van der Waals surface area contributed by atoms with Gasteiger partial charge in [-0.1, -0.05) is 60.7 Å². The molecule has 0 saturated carbocycles. The van der Waals surface area contributed by atoms with Crippen molar-refractivity contribution in [3.63, 3.8) is 0 Å². The first-order valence-electron chi connectivity index (χ1n) is 10.6. The highest BCUT2D eigenvalue weighted by atomic mass is 16.6. The average Bonchev–Trinajstić information content (AvgIpc) is 2.72. The molecule has 1 fully saturated rings. The Kier molecular flexibility index (Phi) is 7.13. The first kappa shape index (κ1) is 22.3. The van der Waals surface area contributed by atoms with Gasteiger partial charge in [-0.2, -0.15) is 0 Å². The lowest BCUT2D eigenvalue weighted by molar-refractivity contribution is 0.0269. The second-order valence-corrected chi connectivity index (χ2v) is 8.98. The summed E-state index contributed by atoms with van der Waals surface area (Å²) in [7, 11) is 0. The minimum atomic E-state index is -0.636. The number of amides is 1. The van der Waals surface area contributed by atoms with E-state index in [9.17, 15) is 4.79 Å². The zero-order valence-corrected chi connectivity index (χ0v) is 18.2. The fourth-order valence-corrected chi connectivity index (χ4v) is 3.82. The zero-order valence-electron chi connectivity index (χ0n) is 18.2. The number of carbonyl (C=O) groups excluding carboxylic acids is 1. The molecule has 1 aliphatic rings. The van der Waals surface area contributed by atoms with Crippen molar-refractivity contribution in [3.8, 4) is 0 Å². The third-order valence-corrected chi connectivity index (χ3v) is 5.32. The smallest absolute Gasteiger partial charge is 0.422 e. The number of hydrogen-bond donors (Lipinski definition) is 3. The Morgan fingerprint density at radius 3 is 2.17 bits per heavy atom. The van der Waals surface area contributed by atoms with E-state index in [0.29, 0.717) is 13.1 Å². The molecule has 0 spiro atoms. The molecule has 162 valence electrons. The van der Waals surface area contributed by atoms with Gasteiger partial charge in [0, 0.05) is 25.7 Å². The van der Waals surface area contributed by atoms with Crippen LogP contribution in [0.1, 0.15) is 44.7 Å². The second kappa shape index (κ2) is 9.60. The number of nitrogens with zero attached hydrogens (tertiary/aromatic N) is 1. The van der Waals surface area contributed by atoms with Gasteiger partial charge in [-0.15, -0.1) is 0 Å². The van der Waals surface area contributed by atoms with E-state index >= 15 is 0 Å². The van der Waals surface area contributed by atoms with Crippen LogP contribution < -0.4 is 16.5 Å². The minimum absolute atomic E-state index is 0.226. The summed E-state index contributed by atoms with van der Waals surface area (Å²) in [6, 6.07) is 20.6. The van der Waals surface area contributed by atoms with Crippen LogP contribution in [0, 0.1) is 0 Å². The maximum Gasteiger partial charge on any atom is 0.422 e. The predicted molar refractivity (Wildman–Crippen MR) is 120 cm³/mol. The van der Waals surface area contributed by atoms with Crippen molar-refractivity contribution in [2.45, 2.75) is 50.8 Å². The Balaban J connectivity index is 1.65. The number of piperidine rings is 1. The molecule has 2 aromatic carbocycles. The van der Waals surface area contributed by atoms with E-state index in [0.717, 1.165) is 30.5 Å². The van der Waals surface area contributed by atoms with E-state index in [1.807, 2.05) is 62.2 Å². The molecule has 0 aliphatic carbocycles. The molecule has 1 atom stereocenters. The van der Waals surface area contributed by atoms with Gasteiger partial charge in [0.1, 0.15) is 5.60 Å². The van der Waals surface area contributed by atoms with E-state index in [-0.39, 0.29) is 6.04 Å². The van der Waals surface area contributed by atoms with Gasteiger partial charge in [0.15, 0.2) is 0 Å².